The van der Waals surface area contributed by atoms with Crippen LogP contribution in [0.25, 0.3) is 0 Å². The van der Waals surface area contributed by atoms with Crippen molar-refractivity contribution in [3.63, 3.8) is 0 Å². The van der Waals surface area contributed by atoms with E-state index in [1.165, 1.54) is 0 Å². The first kappa shape index (κ1) is 13.2. The van der Waals surface area contributed by atoms with E-state index in [1.807, 2.05) is 0 Å². The zero-order valence-corrected chi connectivity index (χ0v) is 10.3. The molecule has 0 bridgehead atoms. The standard InChI is InChI=1S/C10H17NO4S/c1-7(5-10(13)14)16(15)6-9(12)11(2)8-3-4-8/h7-8H,3-6H2,1-2H3,(H,13,14). The lowest BCUT2D eigenvalue weighted by molar-refractivity contribution is -0.137. The minimum atomic E-state index is -1.40. The van der Waals surface area contributed by atoms with Crippen LogP contribution in [0.5, 0.6) is 0 Å². The van der Waals surface area contributed by atoms with Crippen molar-refractivity contribution >= 4 is 22.7 Å². The fourth-order valence-corrected chi connectivity index (χ4v) is 2.43. The van der Waals surface area contributed by atoms with E-state index in [4.69, 9.17) is 5.11 Å². The Labute approximate surface area is 97.3 Å². The summed E-state index contributed by atoms with van der Waals surface area (Å²) in [6.45, 7) is 1.59. The highest BCUT2D eigenvalue weighted by molar-refractivity contribution is 7.86. The van der Waals surface area contributed by atoms with Gasteiger partial charge in [0.1, 0.15) is 5.75 Å². The lowest BCUT2D eigenvalue weighted by atomic mass is 10.3. The summed E-state index contributed by atoms with van der Waals surface area (Å²) in [6, 6.07) is 0.305. The number of carbonyl (C=O) groups excluding carboxylic acids is 1. The normalized spacial score (nSPS) is 18.9. The number of carboxylic acid groups (broad SMARTS) is 1. The Bertz CT molecular complexity index is 314. The second kappa shape index (κ2) is 5.43. The van der Waals surface area contributed by atoms with Gasteiger partial charge in [-0.15, -0.1) is 0 Å². The zero-order valence-electron chi connectivity index (χ0n) is 9.51. The average Bonchev–Trinajstić information content (AvgIpc) is 2.98. The fraction of sp³-hybridized carbons (Fsp3) is 0.800. The summed E-state index contributed by atoms with van der Waals surface area (Å²) in [7, 11) is 0.311. The number of carbonyl (C=O) groups is 2. The first-order chi connectivity index (χ1) is 7.41. The van der Waals surface area contributed by atoms with E-state index in [2.05, 4.69) is 0 Å². The maximum Gasteiger partial charge on any atom is 0.304 e. The Hall–Kier alpha value is -0.910. The van der Waals surface area contributed by atoms with Gasteiger partial charge in [-0.2, -0.15) is 0 Å². The lowest BCUT2D eigenvalue weighted by Gasteiger charge is -2.17. The number of hydrogen-bond donors (Lipinski definition) is 1. The van der Waals surface area contributed by atoms with Crippen LogP contribution >= 0.6 is 0 Å². The van der Waals surface area contributed by atoms with Crippen LogP contribution in [0.4, 0.5) is 0 Å². The molecule has 1 saturated carbocycles. The van der Waals surface area contributed by atoms with Gasteiger partial charge in [0, 0.05) is 29.1 Å². The average molecular weight is 247 g/mol. The highest BCUT2D eigenvalue weighted by Crippen LogP contribution is 2.25. The van der Waals surface area contributed by atoms with Crippen molar-refractivity contribution in [2.75, 3.05) is 12.8 Å². The molecule has 0 aromatic heterocycles. The summed E-state index contributed by atoms with van der Waals surface area (Å²) in [4.78, 5) is 23.6. The molecular weight excluding hydrogens is 230 g/mol. The SMILES string of the molecule is CC(CC(=O)O)S(=O)CC(=O)N(C)C1CC1. The lowest BCUT2D eigenvalue weighted by Crippen LogP contribution is -2.34. The molecule has 0 aromatic carbocycles. The van der Waals surface area contributed by atoms with Crippen molar-refractivity contribution in [3.8, 4) is 0 Å². The van der Waals surface area contributed by atoms with Crippen LogP contribution in [0.15, 0.2) is 0 Å². The Balaban J connectivity index is 2.37. The van der Waals surface area contributed by atoms with Crippen LogP contribution < -0.4 is 0 Å². The largest absolute Gasteiger partial charge is 0.481 e. The molecule has 1 fully saturated rings. The molecule has 0 heterocycles. The minimum Gasteiger partial charge on any atom is -0.481 e. The summed E-state index contributed by atoms with van der Waals surface area (Å²) in [5, 5.41) is 8.07. The van der Waals surface area contributed by atoms with E-state index in [0.29, 0.717) is 6.04 Å². The highest BCUT2D eigenvalue weighted by Gasteiger charge is 2.30. The van der Waals surface area contributed by atoms with Gasteiger partial charge in [-0.25, -0.2) is 0 Å². The van der Waals surface area contributed by atoms with Crippen molar-refractivity contribution < 1.29 is 18.9 Å². The number of carboxylic acids is 1. The van der Waals surface area contributed by atoms with E-state index in [9.17, 15) is 13.8 Å². The van der Waals surface area contributed by atoms with Gasteiger partial charge >= 0.3 is 5.97 Å². The molecule has 16 heavy (non-hydrogen) atoms. The molecule has 1 amide bonds. The summed E-state index contributed by atoms with van der Waals surface area (Å²) < 4.78 is 11.6. The molecule has 1 aliphatic carbocycles. The van der Waals surface area contributed by atoms with E-state index in [-0.39, 0.29) is 18.1 Å². The smallest absolute Gasteiger partial charge is 0.304 e. The van der Waals surface area contributed by atoms with Gasteiger partial charge in [0.05, 0.1) is 6.42 Å². The van der Waals surface area contributed by atoms with Crippen LogP contribution in [-0.2, 0) is 20.4 Å². The topological polar surface area (TPSA) is 74.7 Å². The number of rotatable bonds is 6. The van der Waals surface area contributed by atoms with Crippen molar-refractivity contribution in [3.05, 3.63) is 0 Å². The molecular formula is C10H17NO4S. The highest BCUT2D eigenvalue weighted by atomic mass is 32.2. The zero-order chi connectivity index (χ0) is 12.3. The Morgan fingerprint density at radius 1 is 1.50 bits per heavy atom. The minimum absolute atomic E-state index is 0.0680. The molecule has 2 atom stereocenters. The van der Waals surface area contributed by atoms with E-state index in [0.717, 1.165) is 12.8 Å². The van der Waals surface area contributed by atoms with E-state index >= 15 is 0 Å². The predicted molar refractivity (Wildman–Crippen MR) is 60.5 cm³/mol. The number of amides is 1. The summed E-state index contributed by atoms with van der Waals surface area (Å²) >= 11 is 0. The third kappa shape index (κ3) is 3.92. The van der Waals surface area contributed by atoms with Gasteiger partial charge in [-0.1, -0.05) is 6.92 Å². The van der Waals surface area contributed by atoms with E-state index in [1.54, 1.807) is 18.9 Å². The fourth-order valence-electron chi connectivity index (χ4n) is 1.37. The van der Waals surface area contributed by atoms with Crippen molar-refractivity contribution in [2.24, 2.45) is 0 Å². The summed E-state index contributed by atoms with van der Waals surface area (Å²) in [6.07, 6.45) is 1.87. The summed E-state index contributed by atoms with van der Waals surface area (Å²) in [5.41, 5.74) is 0. The van der Waals surface area contributed by atoms with E-state index < -0.39 is 22.0 Å². The molecule has 6 heteroatoms. The van der Waals surface area contributed by atoms with Crippen LogP contribution in [0, 0.1) is 0 Å². The molecule has 0 spiro atoms. The second-order valence-electron chi connectivity index (χ2n) is 4.17. The van der Waals surface area contributed by atoms with Crippen LogP contribution in [0.2, 0.25) is 0 Å². The van der Waals surface area contributed by atoms with Crippen molar-refractivity contribution in [2.45, 2.75) is 37.5 Å². The quantitative estimate of drug-likeness (QED) is 0.728. The number of nitrogens with zero attached hydrogens (tertiary/aromatic N) is 1. The molecule has 1 N–H and O–H groups in total. The van der Waals surface area contributed by atoms with Crippen molar-refractivity contribution in [1.29, 1.82) is 0 Å². The first-order valence-corrected chi connectivity index (χ1v) is 6.64. The van der Waals surface area contributed by atoms with Gasteiger partial charge in [0.15, 0.2) is 0 Å². The Kier molecular flexibility index (Phi) is 4.46. The van der Waals surface area contributed by atoms with Crippen LogP contribution in [-0.4, -0.2) is 50.2 Å². The first-order valence-electron chi connectivity index (χ1n) is 5.26. The van der Waals surface area contributed by atoms with Gasteiger partial charge in [-0.3, -0.25) is 13.8 Å². The third-order valence-electron chi connectivity index (χ3n) is 2.66. The van der Waals surface area contributed by atoms with Gasteiger partial charge in [0.25, 0.3) is 0 Å². The van der Waals surface area contributed by atoms with Crippen LogP contribution in [0.3, 0.4) is 0 Å². The molecule has 0 aliphatic heterocycles. The molecule has 2 unspecified atom stereocenters. The Morgan fingerprint density at radius 3 is 2.50 bits per heavy atom. The number of hydrogen-bond acceptors (Lipinski definition) is 3. The van der Waals surface area contributed by atoms with Gasteiger partial charge in [-0.05, 0) is 12.8 Å². The van der Waals surface area contributed by atoms with Gasteiger partial charge in [0.2, 0.25) is 5.91 Å². The molecule has 92 valence electrons. The maximum atomic E-state index is 11.6. The second-order valence-corrected chi connectivity index (χ2v) is 6.02. The maximum absolute atomic E-state index is 11.6. The van der Waals surface area contributed by atoms with Gasteiger partial charge < -0.3 is 10.0 Å². The molecule has 0 aromatic rings. The monoisotopic (exact) mass is 247 g/mol. The third-order valence-corrected chi connectivity index (χ3v) is 4.26. The molecule has 1 rings (SSSR count). The predicted octanol–water partition coefficient (Wildman–Crippen LogP) is 0.219. The molecule has 0 radical (unpaired) electrons. The number of aliphatic carboxylic acids is 1. The van der Waals surface area contributed by atoms with Crippen LogP contribution in [0.1, 0.15) is 26.2 Å². The van der Waals surface area contributed by atoms with Crippen molar-refractivity contribution in [1.82, 2.24) is 4.90 Å². The molecule has 5 nitrogen and oxygen atoms in total. The summed E-state index contributed by atoms with van der Waals surface area (Å²) in [5.74, 6) is -1.21. The molecule has 0 saturated heterocycles. The Morgan fingerprint density at radius 2 is 2.06 bits per heavy atom. The molecule has 1 aliphatic rings.